The summed E-state index contributed by atoms with van der Waals surface area (Å²) in [6.07, 6.45) is 1.96. The zero-order valence-corrected chi connectivity index (χ0v) is 16.5. The van der Waals surface area contributed by atoms with E-state index < -0.39 is 8.07 Å². The highest BCUT2D eigenvalue weighted by atomic mass is 28.3. The normalized spacial score (nSPS) is 11.7. The van der Waals surface area contributed by atoms with E-state index >= 15 is 0 Å². The molecule has 0 atom stereocenters. The Kier molecular flexibility index (Phi) is 4.21. The topological polar surface area (TPSA) is 12.9 Å². The van der Waals surface area contributed by atoms with Crippen LogP contribution in [-0.2, 0) is 0 Å². The van der Waals surface area contributed by atoms with Gasteiger partial charge in [-0.3, -0.25) is 4.98 Å². The fourth-order valence-electron chi connectivity index (χ4n) is 3.25. The van der Waals surface area contributed by atoms with Gasteiger partial charge in [0.2, 0.25) is 0 Å². The molecule has 4 aromatic rings. The maximum atomic E-state index is 4.57. The van der Waals surface area contributed by atoms with Gasteiger partial charge in [0.05, 0.1) is 13.6 Å². The number of hydrogen-bond acceptors (Lipinski definition) is 1. The molecule has 3 aromatic carbocycles. The van der Waals surface area contributed by atoms with Crippen molar-refractivity contribution in [2.45, 2.75) is 19.6 Å². The van der Waals surface area contributed by atoms with Gasteiger partial charge in [-0.25, -0.2) is 0 Å². The van der Waals surface area contributed by atoms with E-state index in [1.807, 2.05) is 18.3 Å². The first kappa shape index (κ1) is 16.7. The lowest BCUT2D eigenvalue weighted by Gasteiger charge is -2.16. The summed E-state index contributed by atoms with van der Waals surface area (Å²) >= 11 is 0. The Morgan fingerprint density at radius 3 is 1.77 bits per heavy atom. The molecule has 0 saturated heterocycles. The highest BCUT2D eigenvalue weighted by Gasteiger charge is 2.15. The number of nitrogens with zero attached hydrogens (tertiary/aromatic N) is 1. The molecule has 4 rings (SSSR count). The molecule has 0 fully saturated rings. The van der Waals surface area contributed by atoms with Gasteiger partial charge in [0.15, 0.2) is 0 Å². The van der Waals surface area contributed by atoms with E-state index in [-0.39, 0.29) is 0 Å². The van der Waals surface area contributed by atoms with Crippen molar-refractivity contribution in [1.82, 2.24) is 4.98 Å². The van der Waals surface area contributed by atoms with Crippen LogP contribution in [0.2, 0.25) is 19.6 Å². The summed E-state index contributed by atoms with van der Waals surface area (Å²) in [6.45, 7) is 7.15. The standard InChI is InChI=1S/C24H23NSi/c1-26(2,3)23-14-12-19(13-15-23)18-8-10-20(11-9-18)22-16-21-6-4-5-7-24(21)25-17-22/h4-17H,1-3H3. The van der Waals surface area contributed by atoms with Crippen LogP contribution in [0.3, 0.4) is 0 Å². The van der Waals surface area contributed by atoms with E-state index in [4.69, 9.17) is 0 Å². The van der Waals surface area contributed by atoms with Crippen molar-refractivity contribution in [2.24, 2.45) is 0 Å². The fraction of sp³-hybridized carbons (Fsp3) is 0.125. The number of rotatable bonds is 3. The number of fused-ring (bicyclic) bond motifs is 1. The van der Waals surface area contributed by atoms with Crippen molar-refractivity contribution in [3.63, 3.8) is 0 Å². The van der Waals surface area contributed by atoms with Gasteiger partial charge < -0.3 is 0 Å². The van der Waals surface area contributed by atoms with Gasteiger partial charge in [0.25, 0.3) is 0 Å². The Morgan fingerprint density at radius 2 is 1.15 bits per heavy atom. The molecule has 0 aliphatic carbocycles. The number of para-hydroxylation sites is 1. The highest BCUT2D eigenvalue weighted by molar-refractivity contribution is 6.88. The molecule has 2 heteroatoms. The van der Waals surface area contributed by atoms with Crippen molar-refractivity contribution < 1.29 is 0 Å². The Bertz CT molecular complexity index is 1040. The molecule has 0 aliphatic rings. The first-order valence-electron chi connectivity index (χ1n) is 9.07. The molecule has 1 heterocycles. The van der Waals surface area contributed by atoms with Crippen LogP contribution in [0.15, 0.2) is 85.1 Å². The van der Waals surface area contributed by atoms with E-state index in [0.29, 0.717) is 0 Å². The van der Waals surface area contributed by atoms with E-state index in [2.05, 4.69) is 91.4 Å². The largest absolute Gasteiger partial charge is 0.256 e. The minimum atomic E-state index is -1.24. The number of pyridine rings is 1. The highest BCUT2D eigenvalue weighted by Crippen LogP contribution is 2.26. The van der Waals surface area contributed by atoms with Crippen LogP contribution in [0.25, 0.3) is 33.2 Å². The van der Waals surface area contributed by atoms with Crippen molar-refractivity contribution in [3.05, 3.63) is 85.1 Å². The average molecular weight is 354 g/mol. The second-order valence-electron chi connectivity index (χ2n) is 7.82. The van der Waals surface area contributed by atoms with E-state index in [9.17, 15) is 0 Å². The fourth-order valence-corrected chi connectivity index (χ4v) is 4.41. The summed E-state index contributed by atoms with van der Waals surface area (Å²) in [6, 6.07) is 28.3. The lowest BCUT2D eigenvalue weighted by atomic mass is 10.0. The molecule has 0 unspecified atom stereocenters. The van der Waals surface area contributed by atoms with Crippen molar-refractivity contribution >= 4 is 24.2 Å². The van der Waals surface area contributed by atoms with Crippen LogP contribution in [0, 0.1) is 0 Å². The van der Waals surface area contributed by atoms with Gasteiger partial charge in [0.1, 0.15) is 0 Å². The third kappa shape index (κ3) is 3.33. The van der Waals surface area contributed by atoms with Gasteiger partial charge in [0, 0.05) is 17.1 Å². The Labute approximate surface area is 156 Å². The molecule has 0 amide bonds. The molecule has 0 bridgehead atoms. The van der Waals surface area contributed by atoms with Gasteiger partial charge in [-0.05, 0) is 28.8 Å². The monoisotopic (exact) mass is 353 g/mol. The first-order valence-corrected chi connectivity index (χ1v) is 12.6. The quantitative estimate of drug-likeness (QED) is 0.405. The summed E-state index contributed by atoms with van der Waals surface area (Å²) in [5.41, 5.74) is 5.92. The third-order valence-electron chi connectivity index (χ3n) is 4.89. The predicted molar refractivity (Wildman–Crippen MR) is 116 cm³/mol. The molecule has 0 radical (unpaired) electrons. The van der Waals surface area contributed by atoms with Crippen LogP contribution in [-0.4, -0.2) is 13.1 Å². The molecule has 1 nitrogen and oxygen atoms in total. The van der Waals surface area contributed by atoms with Crippen LogP contribution in [0.5, 0.6) is 0 Å². The molecular formula is C24H23NSi. The summed E-state index contributed by atoms with van der Waals surface area (Å²) in [4.78, 5) is 4.57. The Morgan fingerprint density at radius 1 is 0.615 bits per heavy atom. The minimum absolute atomic E-state index is 1.04. The number of benzene rings is 3. The van der Waals surface area contributed by atoms with Crippen LogP contribution in [0.4, 0.5) is 0 Å². The minimum Gasteiger partial charge on any atom is -0.256 e. The van der Waals surface area contributed by atoms with Gasteiger partial charge >= 0.3 is 0 Å². The number of aromatic nitrogens is 1. The third-order valence-corrected chi connectivity index (χ3v) is 6.96. The molecule has 26 heavy (non-hydrogen) atoms. The zero-order chi connectivity index (χ0) is 18.1. The average Bonchev–Trinajstić information content (AvgIpc) is 2.67. The van der Waals surface area contributed by atoms with Crippen LogP contribution >= 0.6 is 0 Å². The van der Waals surface area contributed by atoms with E-state index in [1.54, 1.807) is 0 Å². The Balaban J connectivity index is 1.63. The molecule has 0 spiro atoms. The van der Waals surface area contributed by atoms with Crippen LogP contribution in [0.1, 0.15) is 0 Å². The summed E-state index contributed by atoms with van der Waals surface area (Å²) in [5.74, 6) is 0. The van der Waals surface area contributed by atoms with Gasteiger partial charge in [-0.2, -0.15) is 0 Å². The second-order valence-corrected chi connectivity index (χ2v) is 12.9. The molecule has 0 aliphatic heterocycles. The molecule has 128 valence electrons. The van der Waals surface area contributed by atoms with E-state index in [0.717, 1.165) is 11.1 Å². The van der Waals surface area contributed by atoms with Crippen LogP contribution < -0.4 is 5.19 Å². The molecule has 0 saturated carbocycles. The number of hydrogen-bond donors (Lipinski definition) is 0. The predicted octanol–water partition coefficient (Wildman–Crippen LogP) is 6.11. The lowest BCUT2D eigenvalue weighted by Crippen LogP contribution is -2.37. The summed E-state index contributed by atoms with van der Waals surface area (Å²) in [5, 5.41) is 2.68. The Hall–Kier alpha value is -2.71. The van der Waals surface area contributed by atoms with Crippen molar-refractivity contribution in [1.29, 1.82) is 0 Å². The van der Waals surface area contributed by atoms with Crippen molar-refractivity contribution in [3.8, 4) is 22.3 Å². The summed E-state index contributed by atoms with van der Waals surface area (Å²) in [7, 11) is -1.24. The van der Waals surface area contributed by atoms with E-state index in [1.165, 1.54) is 27.3 Å². The lowest BCUT2D eigenvalue weighted by molar-refractivity contribution is 1.41. The zero-order valence-electron chi connectivity index (χ0n) is 15.5. The summed E-state index contributed by atoms with van der Waals surface area (Å²) < 4.78 is 0. The maximum Gasteiger partial charge on any atom is 0.0775 e. The maximum absolute atomic E-state index is 4.57. The smallest absolute Gasteiger partial charge is 0.0775 e. The second kappa shape index (κ2) is 6.54. The van der Waals surface area contributed by atoms with Crippen molar-refractivity contribution in [2.75, 3.05) is 0 Å². The molecule has 0 N–H and O–H groups in total. The molecule has 1 aromatic heterocycles. The van der Waals surface area contributed by atoms with Gasteiger partial charge in [-0.15, -0.1) is 0 Å². The SMILES string of the molecule is C[Si](C)(C)c1ccc(-c2ccc(-c3cnc4ccccc4c3)cc2)cc1. The van der Waals surface area contributed by atoms with Gasteiger partial charge in [-0.1, -0.05) is 91.6 Å². The first-order chi connectivity index (χ1) is 12.5. The molecular weight excluding hydrogens is 330 g/mol.